The molecule has 0 spiro atoms. The third kappa shape index (κ3) is 4.17. The van der Waals surface area contributed by atoms with Crippen LogP contribution in [0.5, 0.6) is 0 Å². The SMILES string of the molecule is Cc1cc(C(=O)CN2CCN(C(=O)C(C)C)CC2)c(C)n1-c1ccc(F)cc1. The molecule has 1 amide bonds. The van der Waals surface area contributed by atoms with Crippen LogP contribution in [0.2, 0.25) is 0 Å². The van der Waals surface area contributed by atoms with Gasteiger partial charge in [0, 0.05) is 54.7 Å². The van der Waals surface area contributed by atoms with E-state index < -0.39 is 0 Å². The summed E-state index contributed by atoms with van der Waals surface area (Å²) in [7, 11) is 0. The third-order valence-corrected chi connectivity index (χ3v) is 5.36. The minimum absolute atomic E-state index is 0.00466. The second kappa shape index (κ2) is 8.27. The molecule has 1 fully saturated rings. The van der Waals surface area contributed by atoms with Crippen molar-refractivity contribution in [2.45, 2.75) is 27.7 Å². The van der Waals surface area contributed by atoms with E-state index in [4.69, 9.17) is 0 Å². The summed E-state index contributed by atoms with van der Waals surface area (Å²) >= 11 is 0. The molecule has 1 aromatic heterocycles. The standard InChI is InChI=1S/C22H28FN3O2/c1-15(2)22(28)25-11-9-24(10-12-25)14-21(27)20-13-16(3)26(17(20)4)19-7-5-18(23)6-8-19/h5-8,13,15H,9-12,14H2,1-4H3. The number of ketones is 1. The molecule has 2 heterocycles. The molecule has 5 nitrogen and oxygen atoms in total. The van der Waals surface area contributed by atoms with Gasteiger partial charge in [0.1, 0.15) is 5.82 Å². The number of benzene rings is 1. The molecule has 0 atom stereocenters. The lowest BCUT2D eigenvalue weighted by Gasteiger charge is -2.35. The number of hydrogen-bond acceptors (Lipinski definition) is 3. The van der Waals surface area contributed by atoms with Crippen LogP contribution in [0.1, 0.15) is 35.6 Å². The van der Waals surface area contributed by atoms with Crippen LogP contribution in [0.3, 0.4) is 0 Å². The number of Topliss-reactive ketones (excluding diaryl/α,β-unsaturated/α-hetero) is 1. The van der Waals surface area contributed by atoms with Crippen molar-refractivity contribution in [3.05, 3.63) is 53.1 Å². The van der Waals surface area contributed by atoms with Crippen LogP contribution in [-0.4, -0.2) is 58.8 Å². The number of aromatic nitrogens is 1. The van der Waals surface area contributed by atoms with Crippen molar-refractivity contribution >= 4 is 11.7 Å². The van der Waals surface area contributed by atoms with Crippen LogP contribution in [0.15, 0.2) is 30.3 Å². The van der Waals surface area contributed by atoms with Gasteiger partial charge in [0.25, 0.3) is 0 Å². The van der Waals surface area contributed by atoms with Gasteiger partial charge in [-0.25, -0.2) is 4.39 Å². The quantitative estimate of drug-likeness (QED) is 0.743. The molecule has 1 aliphatic heterocycles. The zero-order valence-corrected chi connectivity index (χ0v) is 17.0. The van der Waals surface area contributed by atoms with E-state index in [1.807, 2.05) is 43.2 Å². The Bertz CT molecular complexity index is 863. The molecule has 0 bridgehead atoms. The van der Waals surface area contributed by atoms with Gasteiger partial charge in [-0.2, -0.15) is 0 Å². The highest BCUT2D eigenvalue weighted by Crippen LogP contribution is 2.22. The minimum Gasteiger partial charge on any atom is -0.340 e. The van der Waals surface area contributed by atoms with Crippen molar-refractivity contribution in [1.82, 2.24) is 14.4 Å². The summed E-state index contributed by atoms with van der Waals surface area (Å²) in [4.78, 5) is 29.0. The summed E-state index contributed by atoms with van der Waals surface area (Å²) in [5.41, 5.74) is 3.35. The van der Waals surface area contributed by atoms with E-state index in [-0.39, 0.29) is 23.4 Å². The Morgan fingerprint density at radius 1 is 1.04 bits per heavy atom. The number of aryl methyl sites for hydroxylation is 1. The van der Waals surface area contributed by atoms with Crippen molar-refractivity contribution in [3.63, 3.8) is 0 Å². The summed E-state index contributed by atoms with van der Waals surface area (Å²) in [5.74, 6) is -0.0263. The Kier molecular flexibility index (Phi) is 5.98. The van der Waals surface area contributed by atoms with Gasteiger partial charge in [0.15, 0.2) is 5.78 Å². The Balaban J connectivity index is 1.68. The zero-order chi connectivity index (χ0) is 20.4. The maximum absolute atomic E-state index is 13.2. The number of piperazine rings is 1. The molecule has 1 aromatic carbocycles. The van der Waals surface area contributed by atoms with Crippen LogP contribution < -0.4 is 0 Å². The minimum atomic E-state index is -0.280. The number of carbonyl (C=O) groups is 2. The first-order chi connectivity index (χ1) is 13.3. The van der Waals surface area contributed by atoms with Gasteiger partial charge in [-0.05, 0) is 44.2 Å². The van der Waals surface area contributed by atoms with E-state index in [0.717, 1.165) is 17.1 Å². The maximum Gasteiger partial charge on any atom is 0.225 e. The molecule has 1 saturated heterocycles. The molecule has 0 radical (unpaired) electrons. The topological polar surface area (TPSA) is 45.6 Å². The first kappa shape index (κ1) is 20.3. The van der Waals surface area contributed by atoms with Crippen LogP contribution in [0.25, 0.3) is 5.69 Å². The van der Waals surface area contributed by atoms with Gasteiger partial charge in [-0.3, -0.25) is 14.5 Å². The van der Waals surface area contributed by atoms with Gasteiger partial charge in [-0.15, -0.1) is 0 Å². The molecule has 150 valence electrons. The fraction of sp³-hybridized carbons (Fsp3) is 0.455. The Hall–Kier alpha value is -2.47. The van der Waals surface area contributed by atoms with Gasteiger partial charge < -0.3 is 9.47 Å². The van der Waals surface area contributed by atoms with Crippen LogP contribution >= 0.6 is 0 Å². The van der Waals surface area contributed by atoms with Gasteiger partial charge in [0.2, 0.25) is 5.91 Å². The van der Waals surface area contributed by atoms with E-state index in [2.05, 4.69) is 4.90 Å². The molecular formula is C22H28FN3O2. The predicted octanol–water partition coefficient (Wildman–Crippen LogP) is 3.22. The predicted molar refractivity (Wildman–Crippen MR) is 107 cm³/mol. The summed E-state index contributed by atoms with van der Waals surface area (Å²) in [6, 6.07) is 8.18. The Morgan fingerprint density at radius 2 is 1.64 bits per heavy atom. The summed E-state index contributed by atoms with van der Waals surface area (Å²) in [6.07, 6.45) is 0. The van der Waals surface area contributed by atoms with Crippen molar-refractivity contribution in [3.8, 4) is 5.69 Å². The average molecular weight is 385 g/mol. The van der Waals surface area contributed by atoms with Gasteiger partial charge >= 0.3 is 0 Å². The second-order valence-corrected chi connectivity index (χ2v) is 7.78. The first-order valence-corrected chi connectivity index (χ1v) is 9.77. The highest BCUT2D eigenvalue weighted by Gasteiger charge is 2.25. The molecule has 0 N–H and O–H groups in total. The maximum atomic E-state index is 13.2. The molecule has 6 heteroatoms. The Labute approximate surface area is 165 Å². The smallest absolute Gasteiger partial charge is 0.225 e. The lowest BCUT2D eigenvalue weighted by atomic mass is 10.1. The van der Waals surface area contributed by atoms with Crippen LogP contribution in [0.4, 0.5) is 4.39 Å². The highest BCUT2D eigenvalue weighted by atomic mass is 19.1. The van der Waals surface area contributed by atoms with E-state index in [1.165, 1.54) is 12.1 Å². The molecule has 0 unspecified atom stereocenters. The second-order valence-electron chi connectivity index (χ2n) is 7.78. The number of amides is 1. The molecule has 0 saturated carbocycles. The average Bonchev–Trinajstić information content (AvgIpc) is 2.97. The molecule has 0 aliphatic carbocycles. The van der Waals surface area contributed by atoms with Crippen molar-refractivity contribution < 1.29 is 14.0 Å². The lowest BCUT2D eigenvalue weighted by Crippen LogP contribution is -2.50. The summed E-state index contributed by atoms with van der Waals surface area (Å²) in [5, 5.41) is 0. The fourth-order valence-corrected chi connectivity index (χ4v) is 3.81. The molecule has 28 heavy (non-hydrogen) atoms. The van der Waals surface area contributed by atoms with Crippen molar-refractivity contribution in [1.29, 1.82) is 0 Å². The molecule has 1 aliphatic rings. The van der Waals surface area contributed by atoms with Crippen LogP contribution in [-0.2, 0) is 4.79 Å². The molecule has 2 aromatic rings. The lowest BCUT2D eigenvalue weighted by molar-refractivity contribution is -0.136. The van der Waals surface area contributed by atoms with Crippen molar-refractivity contribution in [2.24, 2.45) is 5.92 Å². The normalized spacial score (nSPS) is 15.3. The number of carbonyl (C=O) groups excluding carboxylic acids is 2. The van der Waals surface area contributed by atoms with E-state index >= 15 is 0 Å². The number of hydrogen-bond donors (Lipinski definition) is 0. The Morgan fingerprint density at radius 3 is 2.21 bits per heavy atom. The van der Waals surface area contributed by atoms with E-state index in [1.54, 1.807) is 12.1 Å². The number of halogens is 1. The van der Waals surface area contributed by atoms with E-state index in [0.29, 0.717) is 38.3 Å². The number of rotatable bonds is 5. The van der Waals surface area contributed by atoms with Gasteiger partial charge in [-0.1, -0.05) is 13.8 Å². The monoisotopic (exact) mass is 385 g/mol. The van der Waals surface area contributed by atoms with Crippen molar-refractivity contribution in [2.75, 3.05) is 32.7 Å². The van der Waals surface area contributed by atoms with Gasteiger partial charge in [0.05, 0.1) is 6.54 Å². The van der Waals surface area contributed by atoms with Crippen LogP contribution in [0, 0.1) is 25.6 Å². The highest BCUT2D eigenvalue weighted by molar-refractivity contribution is 5.99. The molecular weight excluding hydrogens is 357 g/mol. The van der Waals surface area contributed by atoms with E-state index in [9.17, 15) is 14.0 Å². The largest absolute Gasteiger partial charge is 0.340 e. The zero-order valence-electron chi connectivity index (χ0n) is 17.0. The summed E-state index contributed by atoms with van der Waals surface area (Å²) in [6.45, 7) is 10.8. The first-order valence-electron chi connectivity index (χ1n) is 9.77. The molecule has 3 rings (SSSR count). The third-order valence-electron chi connectivity index (χ3n) is 5.36. The number of nitrogens with zero attached hydrogens (tertiary/aromatic N) is 3. The fourth-order valence-electron chi connectivity index (χ4n) is 3.81. The summed E-state index contributed by atoms with van der Waals surface area (Å²) < 4.78 is 15.2.